The van der Waals surface area contributed by atoms with Gasteiger partial charge in [-0.05, 0) is 37.5 Å². The Morgan fingerprint density at radius 1 is 1.39 bits per heavy atom. The average Bonchev–Trinajstić information content (AvgIpc) is 3.24. The van der Waals surface area contributed by atoms with Crippen molar-refractivity contribution in [3.8, 4) is 11.3 Å². The molecule has 0 spiro atoms. The molecule has 1 atom stereocenters. The number of aromatic amines is 1. The Bertz CT molecular complexity index is 1020. The molecule has 0 saturated carbocycles. The van der Waals surface area contributed by atoms with Gasteiger partial charge in [0.25, 0.3) is 0 Å². The fourth-order valence-electron chi connectivity index (χ4n) is 3.82. The quantitative estimate of drug-likeness (QED) is 0.666. The Morgan fingerprint density at radius 3 is 2.93 bits per heavy atom. The zero-order valence-corrected chi connectivity index (χ0v) is 16.7. The van der Waals surface area contributed by atoms with E-state index in [1.165, 1.54) is 0 Å². The molecule has 1 fully saturated rings. The highest BCUT2D eigenvalue weighted by atomic mass is 16.1. The summed E-state index contributed by atoms with van der Waals surface area (Å²) < 4.78 is 0. The van der Waals surface area contributed by atoms with E-state index in [0.717, 1.165) is 59.5 Å². The lowest BCUT2D eigenvalue weighted by Crippen LogP contribution is -2.39. The minimum absolute atomic E-state index is 0.139. The van der Waals surface area contributed by atoms with E-state index in [-0.39, 0.29) is 5.54 Å². The number of aldehydes is 1. The van der Waals surface area contributed by atoms with Crippen molar-refractivity contribution in [3.63, 3.8) is 0 Å². The summed E-state index contributed by atoms with van der Waals surface area (Å²) in [6.45, 7) is 7.78. The number of benzene rings is 1. The van der Waals surface area contributed by atoms with Crippen molar-refractivity contribution in [1.82, 2.24) is 15.0 Å². The van der Waals surface area contributed by atoms with Crippen molar-refractivity contribution in [2.45, 2.75) is 39.2 Å². The van der Waals surface area contributed by atoms with Gasteiger partial charge in [0, 0.05) is 41.5 Å². The molecule has 1 aliphatic rings. The summed E-state index contributed by atoms with van der Waals surface area (Å²) in [5.41, 5.74) is 11.3. The van der Waals surface area contributed by atoms with Gasteiger partial charge in [-0.15, -0.1) is 0 Å². The fraction of sp³-hybridized carbons (Fsp3) is 0.409. The summed E-state index contributed by atoms with van der Waals surface area (Å²) in [6.07, 6.45) is 6.31. The molecule has 3 aromatic rings. The molecular weight excluding hydrogens is 350 g/mol. The van der Waals surface area contributed by atoms with Gasteiger partial charge in [0.15, 0.2) is 5.65 Å². The lowest BCUT2D eigenvalue weighted by molar-refractivity contribution is -0.114. The van der Waals surface area contributed by atoms with E-state index in [9.17, 15) is 4.79 Å². The number of nitrogens with one attached hydrogen (secondary N) is 1. The zero-order chi connectivity index (χ0) is 19.9. The molecule has 0 amide bonds. The highest BCUT2D eigenvalue weighted by molar-refractivity contribution is 5.79. The van der Waals surface area contributed by atoms with Gasteiger partial charge in [0.05, 0.1) is 11.9 Å². The molecule has 1 aliphatic heterocycles. The normalized spacial score (nSPS) is 20.1. The Hall–Kier alpha value is -2.73. The van der Waals surface area contributed by atoms with E-state index < -0.39 is 5.41 Å². The van der Waals surface area contributed by atoms with Crippen molar-refractivity contribution in [2.24, 2.45) is 11.1 Å². The van der Waals surface area contributed by atoms with E-state index in [2.05, 4.69) is 46.1 Å². The maximum absolute atomic E-state index is 11.3. The molecule has 0 radical (unpaired) electrons. The van der Waals surface area contributed by atoms with Crippen LogP contribution in [0.2, 0.25) is 0 Å². The average molecular weight is 377 g/mol. The first-order valence-electron chi connectivity index (χ1n) is 9.70. The second kappa shape index (κ2) is 6.71. The second-order valence-corrected chi connectivity index (χ2v) is 8.93. The Balaban J connectivity index is 1.68. The molecule has 1 saturated heterocycles. The van der Waals surface area contributed by atoms with Crippen LogP contribution in [0.1, 0.15) is 32.8 Å². The summed E-state index contributed by atoms with van der Waals surface area (Å²) in [6, 6.07) is 8.37. The van der Waals surface area contributed by atoms with E-state index in [1.807, 2.05) is 20.0 Å². The number of rotatable bonds is 5. The van der Waals surface area contributed by atoms with Crippen LogP contribution in [-0.4, -0.2) is 39.9 Å². The molecule has 1 aromatic carbocycles. The zero-order valence-electron chi connectivity index (χ0n) is 16.7. The first kappa shape index (κ1) is 18.6. The first-order valence-corrected chi connectivity index (χ1v) is 9.70. The number of hydrogen-bond acceptors (Lipinski definition) is 5. The van der Waals surface area contributed by atoms with Crippen molar-refractivity contribution in [1.29, 1.82) is 0 Å². The molecule has 1 unspecified atom stereocenters. The molecule has 3 N–H and O–H groups in total. The van der Waals surface area contributed by atoms with Gasteiger partial charge in [-0.1, -0.05) is 26.0 Å². The van der Waals surface area contributed by atoms with Crippen LogP contribution in [0.5, 0.6) is 0 Å². The van der Waals surface area contributed by atoms with Gasteiger partial charge in [0.2, 0.25) is 0 Å². The van der Waals surface area contributed by atoms with Crippen LogP contribution in [0, 0.1) is 5.41 Å². The van der Waals surface area contributed by atoms with Gasteiger partial charge in [-0.3, -0.25) is 0 Å². The molecule has 28 heavy (non-hydrogen) atoms. The van der Waals surface area contributed by atoms with Crippen molar-refractivity contribution in [2.75, 3.05) is 18.0 Å². The Labute approximate surface area is 165 Å². The second-order valence-electron chi connectivity index (χ2n) is 8.93. The third kappa shape index (κ3) is 3.64. The van der Waals surface area contributed by atoms with Crippen LogP contribution in [0.3, 0.4) is 0 Å². The predicted octanol–water partition coefficient (Wildman–Crippen LogP) is 3.32. The van der Waals surface area contributed by atoms with Crippen LogP contribution >= 0.6 is 0 Å². The minimum Gasteiger partial charge on any atom is -0.370 e. The van der Waals surface area contributed by atoms with E-state index in [0.29, 0.717) is 6.42 Å². The summed E-state index contributed by atoms with van der Waals surface area (Å²) in [4.78, 5) is 26.2. The van der Waals surface area contributed by atoms with Crippen molar-refractivity contribution in [3.05, 3.63) is 42.2 Å². The SMILES string of the molecule is CC(C)(C=O)Cc1c[nH]c2ncc(-c3cccc(N4CCC(C)(N)C4)c3)nc12. The number of H-pyrrole nitrogens is 1. The number of anilines is 1. The molecule has 6 nitrogen and oxygen atoms in total. The van der Waals surface area contributed by atoms with Gasteiger partial charge < -0.3 is 20.4 Å². The molecule has 6 heteroatoms. The van der Waals surface area contributed by atoms with Crippen LogP contribution in [0.4, 0.5) is 5.69 Å². The summed E-state index contributed by atoms with van der Waals surface area (Å²) in [5.74, 6) is 0. The van der Waals surface area contributed by atoms with Crippen LogP contribution in [0.25, 0.3) is 22.4 Å². The number of nitrogens with zero attached hydrogens (tertiary/aromatic N) is 3. The third-order valence-electron chi connectivity index (χ3n) is 5.44. The highest BCUT2D eigenvalue weighted by Gasteiger charge is 2.30. The number of carbonyl (C=O) groups is 1. The van der Waals surface area contributed by atoms with Crippen molar-refractivity contribution >= 4 is 23.1 Å². The summed E-state index contributed by atoms with van der Waals surface area (Å²) in [5, 5.41) is 0. The number of fused-ring (bicyclic) bond motifs is 1. The topological polar surface area (TPSA) is 87.9 Å². The highest BCUT2D eigenvalue weighted by Crippen LogP contribution is 2.30. The molecule has 4 rings (SSSR count). The molecule has 2 aromatic heterocycles. The number of carbonyl (C=O) groups excluding carboxylic acids is 1. The standard InChI is InChI=1S/C22H27N5O/c1-21(2,14-28)10-16-11-24-20-19(16)26-18(12-25-20)15-5-4-6-17(9-15)27-8-7-22(3,23)13-27/h4-6,9,11-12,14H,7-8,10,13,23H2,1-3H3,(H,24,25). The van der Waals surface area contributed by atoms with Crippen LogP contribution in [0.15, 0.2) is 36.7 Å². The van der Waals surface area contributed by atoms with Crippen LogP contribution < -0.4 is 10.6 Å². The number of aromatic nitrogens is 3. The summed E-state index contributed by atoms with van der Waals surface area (Å²) in [7, 11) is 0. The minimum atomic E-state index is -0.433. The number of nitrogens with two attached hydrogens (primary N) is 1. The number of hydrogen-bond donors (Lipinski definition) is 2. The van der Waals surface area contributed by atoms with E-state index >= 15 is 0 Å². The smallest absolute Gasteiger partial charge is 0.156 e. The van der Waals surface area contributed by atoms with Gasteiger partial charge in [0.1, 0.15) is 11.8 Å². The van der Waals surface area contributed by atoms with Gasteiger partial charge in [-0.25, -0.2) is 9.97 Å². The van der Waals surface area contributed by atoms with E-state index in [1.54, 1.807) is 6.20 Å². The van der Waals surface area contributed by atoms with Crippen LogP contribution in [-0.2, 0) is 11.2 Å². The molecule has 0 bridgehead atoms. The molecule has 3 heterocycles. The van der Waals surface area contributed by atoms with Gasteiger partial charge in [-0.2, -0.15) is 0 Å². The predicted molar refractivity (Wildman–Crippen MR) is 112 cm³/mol. The summed E-state index contributed by atoms with van der Waals surface area (Å²) >= 11 is 0. The lowest BCUT2D eigenvalue weighted by atomic mass is 9.88. The van der Waals surface area contributed by atoms with Gasteiger partial charge >= 0.3 is 0 Å². The first-order chi connectivity index (χ1) is 13.3. The fourth-order valence-corrected chi connectivity index (χ4v) is 3.82. The van der Waals surface area contributed by atoms with E-state index in [4.69, 9.17) is 10.7 Å². The lowest BCUT2D eigenvalue weighted by Gasteiger charge is -2.22. The third-order valence-corrected chi connectivity index (χ3v) is 5.44. The molecular formula is C22H27N5O. The van der Waals surface area contributed by atoms with Crippen molar-refractivity contribution < 1.29 is 4.79 Å². The monoisotopic (exact) mass is 377 g/mol. The Kier molecular flexibility index (Phi) is 4.46. The largest absolute Gasteiger partial charge is 0.370 e. The molecule has 0 aliphatic carbocycles. The maximum Gasteiger partial charge on any atom is 0.156 e. The molecule has 146 valence electrons. The Morgan fingerprint density at radius 2 is 2.21 bits per heavy atom. The maximum atomic E-state index is 11.3.